The Morgan fingerprint density at radius 3 is 3.06 bits per heavy atom. The summed E-state index contributed by atoms with van der Waals surface area (Å²) in [7, 11) is 2.09. The Hall–Kier alpha value is -1.59. The molecule has 4 nitrogen and oxygen atoms in total. The number of anilines is 2. The standard InChI is InChI=1S/C13H15N3OS/c1-16-5-4-8-6-9(2-3-10(8)16)12(17)11-7-15-13(14)18-11/h2-3,6-7,12,17H,4-5H2,1H3,(H2,14,15). The second-order valence-electron chi connectivity index (χ2n) is 4.56. The normalized spacial score (nSPS) is 15.8. The maximum Gasteiger partial charge on any atom is 0.180 e. The van der Waals surface area contributed by atoms with Gasteiger partial charge in [-0.3, -0.25) is 0 Å². The highest BCUT2D eigenvalue weighted by Crippen LogP contribution is 2.33. The van der Waals surface area contributed by atoms with E-state index in [9.17, 15) is 5.11 Å². The first-order valence-corrected chi connectivity index (χ1v) is 6.70. The zero-order valence-corrected chi connectivity index (χ0v) is 10.9. The Balaban J connectivity index is 1.93. The van der Waals surface area contributed by atoms with Gasteiger partial charge in [0.2, 0.25) is 0 Å². The van der Waals surface area contributed by atoms with Crippen LogP contribution in [0.15, 0.2) is 24.4 Å². The number of aromatic nitrogens is 1. The first-order valence-electron chi connectivity index (χ1n) is 5.88. The van der Waals surface area contributed by atoms with Gasteiger partial charge in [0.1, 0.15) is 6.10 Å². The van der Waals surface area contributed by atoms with Crippen molar-refractivity contribution in [3.63, 3.8) is 0 Å². The fraction of sp³-hybridized carbons (Fsp3) is 0.308. The summed E-state index contributed by atoms with van der Waals surface area (Å²) < 4.78 is 0. The smallest absolute Gasteiger partial charge is 0.180 e. The van der Waals surface area contributed by atoms with Crippen LogP contribution in [-0.4, -0.2) is 23.7 Å². The first kappa shape index (κ1) is 11.5. The summed E-state index contributed by atoms with van der Waals surface area (Å²) in [5.74, 6) is 0. The van der Waals surface area contributed by atoms with Gasteiger partial charge in [-0.1, -0.05) is 23.5 Å². The minimum absolute atomic E-state index is 0.491. The number of nitrogens with zero attached hydrogens (tertiary/aromatic N) is 2. The van der Waals surface area contributed by atoms with E-state index in [4.69, 9.17) is 5.73 Å². The van der Waals surface area contributed by atoms with E-state index in [0.29, 0.717) is 5.13 Å². The summed E-state index contributed by atoms with van der Waals surface area (Å²) in [6.07, 6.45) is 2.05. The third-order valence-electron chi connectivity index (χ3n) is 3.36. The van der Waals surface area contributed by atoms with Gasteiger partial charge in [-0.25, -0.2) is 4.98 Å². The van der Waals surface area contributed by atoms with E-state index >= 15 is 0 Å². The summed E-state index contributed by atoms with van der Waals surface area (Å²) in [6.45, 7) is 1.04. The van der Waals surface area contributed by atoms with E-state index in [2.05, 4.69) is 29.1 Å². The molecule has 3 N–H and O–H groups in total. The van der Waals surface area contributed by atoms with E-state index in [0.717, 1.165) is 23.4 Å². The maximum absolute atomic E-state index is 10.3. The molecule has 1 aliphatic heterocycles. The van der Waals surface area contributed by atoms with E-state index in [1.165, 1.54) is 22.6 Å². The highest BCUT2D eigenvalue weighted by atomic mass is 32.1. The number of aliphatic hydroxyl groups is 1. The molecule has 0 amide bonds. The predicted molar refractivity (Wildman–Crippen MR) is 74.0 cm³/mol. The van der Waals surface area contributed by atoms with Crippen molar-refractivity contribution in [3.05, 3.63) is 40.4 Å². The maximum atomic E-state index is 10.3. The Labute approximate surface area is 110 Å². The van der Waals surface area contributed by atoms with Crippen LogP contribution >= 0.6 is 11.3 Å². The van der Waals surface area contributed by atoms with E-state index in [1.54, 1.807) is 6.20 Å². The van der Waals surface area contributed by atoms with Crippen LogP contribution < -0.4 is 10.6 Å². The van der Waals surface area contributed by atoms with Crippen LogP contribution in [0, 0.1) is 0 Å². The highest BCUT2D eigenvalue weighted by Gasteiger charge is 2.19. The lowest BCUT2D eigenvalue weighted by Crippen LogP contribution is -2.12. The molecular formula is C13H15N3OS. The van der Waals surface area contributed by atoms with Crippen molar-refractivity contribution >= 4 is 22.2 Å². The molecular weight excluding hydrogens is 246 g/mol. The van der Waals surface area contributed by atoms with Gasteiger partial charge in [-0.05, 0) is 23.6 Å². The summed E-state index contributed by atoms with van der Waals surface area (Å²) in [4.78, 5) is 7.00. The lowest BCUT2D eigenvalue weighted by molar-refractivity contribution is 0.224. The molecule has 94 valence electrons. The quantitative estimate of drug-likeness (QED) is 0.865. The fourth-order valence-electron chi connectivity index (χ4n) is 2.35. The molecule has 0 radical (unpaired) electrons. The van der Waals surface area contributed by atoms with Gasteiger partial charge >= 0.3 is 0 Å². The zero-order chi connectivity index (χ0) is 12.7. The van der Waals surface area contributed by atoms with Crippen molar-refractivity contribution in [1.29, 1.82) is 0 Å². The number of rotatable bonds is 2. The molecule has 0 fully saturated rings. The Kier molecular flexibility index (Phi) is 2.72. The Morgan fingerprint density at radius 2 is 2.33 bits per heavy atom. The summed E-state index contributed by atoms with van der Waals surface area (Å²) in [6, 6.07) is 6.13. The van der Waals surface area contributed by atoms with Gasteiger partial charge in [-0.2, -0.15) is 0 Å². The Bertz CT molecular complexity index is 581. The molecule has 1 atom stereocenters. The monoisotopic (exact) mass is 261 g/mol. The van der Waals surface area contributed by atoms with Crippen LogP contribution in [0.4, 0.5) is 10.8 Å². The minimum Gasteiger partial charge on any atom is -0.383 e. The van der Waals surface area contributed by atoms with Gasteiger partial charge in [0.25, 0.3) is 0 Å². The van der Waals surface area contributed by atoms with E-state index in [1.807, 2.05) is 6.07 Å². The van der Waals surface area contributed by atoms with Crippen LogP contribution in [0.1, 0.15) is 22.1 Å². The molecule has 1 aromatic heterocycles. The molecule has 0 saturated heterocycles. The van der Waals surface area contributed by atoms with Crippen LogP contribution in [0.5, 0.6) is 0 Å². The number of thiazole rings is 1. The summed E-state index contributed by atoms with van der Waals surface area (Å²) >= 11 is 1.33. The Morgan fingerprint density at radius 1 is 1.50 bits per heavy atom. The zero-order valence-electron chi connectivity index (χ0n) is 10.1. The van der Waals surface area contributed by atoms with Crippen LogP contribution in [0.2, 0.25) is 0 Å². The lowest BCUT2D eigenvalue weighted by atomic mass is 10.0. The summed E-state index contributed by atoms with van der Waals surface area (Å²) in [5.41, 5.74) is 9.06. The van der Waals surface area contributed by atoms with Crippen molar-refractivity contribution in [2.75, 3.05) is 24.2 Å². The van der Waals surface area contributed by atoms with Gasteiger partial charge < -0.3 is 15.7 Å². The fourth-order valence-corrected chi connectivity index (χ4v) is 3.05. The molecule has 0 bridgehead atoms. The number of nitrogens with two attached hydrogens (primary N) is 1. The predicted octanol–water partition coefficient (Wildman–Crippen LogP) is 1.80. The third kappa shape index (κ3) is 1.85. The number of fused-ring (bicyclic) bond motifs is 1. The number of aliphatic hydroxyl groups excluding tert-OH is 1. The average molecular weight is 261 g/mol. The number of benzene rings is 1. The number of nitrogen functional groups attached to an aromatic ring is 1. The molecule has 0 aliphatic carbocycles. The SMILES string of the molecule is CN1CCc2cc(C(O)c3cnc(N)s3)ccc21. The van der Waals surface area contributed by atoms with Gasteiger partial charge in [0.15, 0.2) is 5.13 Å². The van der Waals surface area contributed by atoms with Crippen molar-refractivity contribution in [1.82, 2.24) is 4.98 Å². The molecule has 1 unspecified atom stereocenters. The second kappa shape index (κ2) is 4.26. The molecule has 5 heteroatoms. The molecule has 3 rings (SSSR count). The number of hydrogen-bond donors (Lipinski definition) is 2. The third-order valence-corrected chi connectivity index (χ3v) is 4.24. The largest absolute Gasteiger partial charge is 0.383 e. The molecule has 2 heterocycles. The van der Waals surface area contributed by atoms with Crippen LogP contribution in [0.25, 0.3) is 0 Å². The van der Waals surface area contributed by atoms with Crippen molar-refractivity contribution in [2.45, 2.75) is 12.5 Å². The summed E-state index contributed by atoms with van der Waals surface area (Å²) in [5, 5.41) is 10.8. The number of likely N-dealkylation sites (N-methyl/N-ethyl adjacent to an activating group) is 1. The molecule has 1 aromatic carbocycles. The van der Waals surface area contributed by atoms with Crippen molar-refractivity contribution in [2.24, 2.45) is 0 Å². The lowest BCUT2D eigenvalue weighted by Gasteiger charge is -2.14. The molecule has 1 aliphatic rings. The van der Waals surface area contributed by atoms with Crippen LogP contribution in [-0.2, 0) is 6.42 Å². The van der Waals surface area contributed by atoms with Crippen molar-refractivity contribution < 1.29 is 5.11 Å². The van der Waals surface area contributed by atoms with Gasteiger partial charge in [0.05, 0.1) is 4.88 Å². The molecule has 0 spiro atoms. The van der Waals surface area contributed by atoms with E-state index < -0.39 is 6.10 Å². The number of hydrogen-bond acceptors (Lipinski definition) is 5. The first-order chi connectivity index (χ1) is 8.65. The molecule has 2 aromatic rings. The molecule has 0 saturated carbocycles. The van der Waals surface area contributed by atoms with Crippen LogP contribution in [0.3, 0.4) is 0 Å². The van der Waals surface area contributed by atoms with E-state index in [-0.39, 0.29) is 0 Å². The second-order valence-corrected chi connectivity index (χ2v) is 5.66. The van der Waals surface area contributed by atoms with Crippen molar-refractivity contribution in [3.8, 4) is 0 Å². The van der Waals surface area contributed by atoms with Gasteiger partial charge in [0, 0.05) is 25.5 Å². The average Bonchev–Trinajstić information content (AvgIpc) is 2.95. The van der Waals surface area contributed by atoms with Gasteiger partial charge in [-0.15, -0.1) is 0 Å². The molecule has 18 heavy (non-hydrogen) atoms. The minimum atomic E-state index is -0.629. The highest BCUT2D eigenvalue weighted by molar-refractivity contribution is 7.15. The topological polar surface area (TPSA) is 62.4 Å².